The zero-order chi connectivity index (χ0) is 17.7. The van der Waals surface area contributed by atoms with Crippen LogP contribution in [-0.2, 0) is 9.53 Å². The Morgan fingerprint density at radius 1 is 1.42 bits per heavy atom. The average molecular weight is 348 g/mol. The van der Waals surface area contributed by atoms with Crippen LogP contribution in [0.2, 0.25) is 0 Å². The number of phenols is 1. The number of allylic oxidation sites excluding steroid dienone is 1. The largest absolute Gasteiger partial charge is 0.508 e. The first kappa shape index (κ1) is 18.3. The van der Waals surface area contributed by atoms with E-state index in [0.29, 0.717) is 17.3 Å². The van der Waals surface area contributed by atoms with E-state index in [1.165, 1.54) is 0 Å². The molecule has 130 valence electrons. The van der Waals surface area contributed by atoms with Gasteiger partial charge in [-0.2, -0.15) is 0 Å². The van der Waals surface area contributed by atoms with Crippen molar-refractivity contribution in [1.29, 1.82) is 0 Å². The third kappa shape index (κ3) is 3.87. The van der Waals surface area contributed by atoms with E-state index in [1.54, 1.807) is 25.1 Å². The molecule has 1 heterocycles. The lowest BCUT2D eigenvalue weighted by atomic mass is 9.94. The van der Waals surface area contributed by atoms with Crippen LogP contribution < -0.4 is 5.32 Å². The standard InChI is InChI=1S/C18H24N2O3S/c1-4-6-10-20-12(3)15(17(22)23-5-2)16(19-18(20)24)13-8-7-9-14(21)11-13/h7-9,11,16,21H,4-6,10H2,1-3H3,(H,19,24). The third-order valence-electron chi connectivity index (χ3n) is 4.03. The molecule has 0 saturated heterocycles. The van der Waals surface area contributed by atoms with Gasteiger partial charge in [-0.15, -0.1) is 0 Å². The molecule has 0 aliphatic carbocycles. The molecule has 1 aliphatic heterocycles. The number of hydrogen-bond acceptors (Lipinski definition) is 4. The maximum absolute atomic E-state index is 12.6. The summed E-state index contributed by atoms with van der Waals surface area (Å²) in [5, 5.41) is 13.6. The monoisotopic (exact) mass is 348 g/mol. The maximum atomic E-state index is 12.6. The number of unbranched alkanes of at least 4 members (excludes halogenated alkanes) is 1. The van der Waals surface area contributed by atoms with Crippen LogP contribution in [0.4, 0.5) is 0 Å². The Balaban J connectivity index is 2.47. The van der Waals surface area contributed by atoms with Gasteiger partial charge in [-0.3, -0.25) is 0 Å². The van der Waals surface area contributed by atoms with Gasteiger partial charge in [0.15, 0.2) is 5.11 Å². The van der Waals surface area contributed by atoms with Gasteiger partial charge in [-0.1, -0.05) is 25.5 Å². The average Bonchev–Trinajstić information content (AvgIpc) is 2.54. The summed E-state index contributed by atoms with van der Waals surface area (Å²) < 4.78 is 5.25. The van der Waals surface area contributed by atoms with Crippen molar-refractivity contribution in [3.63, 3.8) is 0 Å². The summed E-state index contributed by atoms with van der Waals surface area (Å²) in [7, 11) is 0. The van der Waals surface area contributed by atoms with Gasteiger partial charge in [0.2, 0.25) is 0 Å². The first-order valence-electron chi connectivity index (χ1n) is 8.24. The summed E-state index contributed by atoms with van der Waals surface area (Å²) in [4.78, 5) is 14.5. The normalized spacial score (nSPS) is 17.7. The van der Waals surface area contributed by atoms with Crippen molar-refractivity contribution >= 4 is 23.3 Å². The van der Waals surface area contributed by atoms with Crippen molar-refractivity contribution in [2.24, 2.45) is 0 Å². The van der Waals surface area contributed by atoms with Crippen molar-refractivity contribution in [2.75, 3.05) is 13.2 Å². The SMILES string of the molecule is CCCCN1C(=S)NC(c2cccc(O)c2)C(C(=O)OCC)=C1C. The zero-order valence-electron chi connectivity index (χ0n) is 14.3. The highest BCUT2D eigenvalue weighted by molar-refractivity contribution is 7.80. The predicted octanol–water partition coefficient (Wildman–Crippen LogP) is 3.26. The number of phenolic OH excluding ortho intramolecular Hbond substituents is 1. The van der Waals surface area contributed by atoms with Crippen LogP contribution in [0.15, 0.2) is 35.5 Å². The van der Waals surface area contributed by atoms with E-state index in [-0.39, 0.29) is 11.7 Å². The second kappa shape index (κ2) is 8.15. The molecule has 5 nitrogen and oxygen atoms in total. The smallest absolute Gasteiger partial charge is 0.338 e. The van der Waals surface area contributed by atoms with E-state index < -0.39 is 6.04 Å². The van der Waals surface area contributed by atoms with E-state index in [2.05, 4.69) is 12.2 Å². The first-order chi connectivity index (χ1) is 11.5. The topological polar surface area (TPSA) is 61.8 Å². The second-order valence-corrected chi connectivity index (χ2v) is 6.09. The molecule has 0 aromatic heterocycles. The minimum absolute atomic E-state index is 0.148. The molecule has 0 spiro atoms. The second-order valence-electron chi connectivity index (χ2n) is 5.70. The summed E-state index contributed by atoms with van der Waals surface area (Å²) in [5.74, 6) is -0.214. The van der Waals surface area contributed by atoms with Crippen molar-refractivity contribution in [1.82, 2.24) is 10.2 Å². The van der Waals surface area contributed by atoms with Crippen molar-refractivity contribution in [3.8, 4) is 5.75 Å². The highest BCUT2D eigenvalue weighted by Gasteiger charge is 2.34. The molecule has 1 unspecified atom stereocenters. The molecule has 1 aromatic rings. The number of nitrogens with one attached hydrogen (secondary N) is 1. The number of hydrogen-bond donors (Lipinski definition) is 2. The van der Waals surface area contributed by atoms with Crippen LogP contribution in [0.1, 0.15) is 45.2 Å². The minimum Gasteiger partial charge on any atom is -0.508 e. The lowest BCUT2D eigenvalue weighted by Crippen LogP contribution is -2.48. The molecule has 0 fully saturated rings. The van der Waals surface area contributed by atoms with Gasteiger partial charge in [-0.25, -0.2) is 4.79 Å². The number of carbonyl (C=O) groups is 1. The van der Waals surface area contributed by atoms with Crippen LogP contribution >= 0.6 is 12.2 Å². The molecule has 6 heteroatoms. The summed E-state index contributed by atoms with van der Waals surface area (Å²) in [6.07, 6.45) is 2.02. The number of nitrogens with zero attached hydrogens (tertiary/aromatic N) is 1. The summed E-state index contributed by atoms with van der Waals surface area (Å²) >= 11 is 5.50. The number of rotatable bonds is 6. The van der Waals surface area contributed by atoms with Crippen LogP contribution in [0.5, 0.6) is 5.75 Å². The molecule has 0 amide bonds. The predicted molar refractivity (Wildman–Crippen MR) is 97.5 cm³/mol. The molecule has 2 rings (SSSR count). The Morgan fingerprint density at radius 3 is 2.79 bits per heavy atom. The number of aromatic hydroxyl groups is 1. The fourth-order valence-electron chi connectivity index (χ4n) is 2.79. The molecule has 1 aliphatic rings. The van der Waals surface area contributed by atoms with Crippen molar-refractivity contribution in [3.05, 3.63) is 41.1 Å². The molecule has 2 N–H and O–H groups in total. The van der Waals surface area contributed by atoms with Gasteiger partial charge in [-0.05, 0) is 50.2 Å². The highest BCUT2D eigenvalue weighted by Crippen LogP contribution is 2.32. The lowest BCUT2D eigenvalue weighted by molar-refractivity contribution is -0.139. The Labute approximate surface area is 148 Å². The summed E-state index contributed by atoms with van der Waals surface area (Å²) in [5.41, 5.74) is 2.11. The molecular formula is C18H24N2O3S. The zero-order valence-corrected chi connectivity index (χ0v) is 15.2. The van der Waals surface area contributed by atoms with Crippen LogP contribution in [-0.4, -0.2) is 34.2 Å². The number of esters is 1. The number of carbonyl (C=O) groups excluding carboxylic acids is 1. The van der Waals surface area contributed by atoms with Gasteiger partial charge in [0, 0.05) is 12.2 Å². The molecule has 0 bridgehead atoms. The summed E-state index contributed by atoms with van der Waals surface area (Å²) in [6.45, 7) is 6.85. The third-order valence-corrected chi connectivity index (χ3v) is 4.37. The van der Waals surface area contributed by atoms with Gasteiger partial charge in [0.25, 0.3) is 0 Å². The first-order valence-corrected chi connectivity index (χ1v) is 8.65. The molecular weight excluding hydrogens is 324 g/mol. The van der Waals surface area contributed by atoms with E-state index in [1.807, 2.05) is 17.9 Å². The van der Waals surface area contributed by atoms with Crippen LogP contribution in [0, 0.1) is 0 Å². The Kier molecular flexibility index (Phi) is 6.20. The molecule has 24 heavy (non-hydrogen) atoms. The van der Waals surface area contributed by atoms with Crippen LogP contribution in [0.3, 0.4) is 0 Å². The maximum Gasteiger partial charge on any atom is 0.338 e. The Bertz CT molecular complexity index is 657. The van der Waals surface area contributed by atoms with E-state index in [0.717, 1.165) is 30.6 Å². The van der Waals surface area contributed by atoms with Gasteiger partial charge in [0.05, 0.1) is 18.2 Å². The number of ether oxygens (including phenoxy) is 1. The van der Waals surface area contributed by atoms with E-state index in [9.17, 15) is 9.90 Å². The lowest BCUT2D eigenvalue weighted by Gasteiger charge is -2.37. The fraction of sp³-hybridized carbons (Fsp3) is 0.444. The van der Waals surface area contributed by atoms with Gasteiger partial charge in [0.1, 0.15) is 5.75 Å². The van der Waals surface area contributed by atoms with Crippen molar-refractivity contribution < 1.29 is 14.6 Å². The van der Waals surface area contributed by atoms with Gasteiger partial charge < -0.3 is 20.1 Å². The van der Waals surface area contributed by atoms with Crippen molar-refractivity contribution in [2.45, 2.75) is 39.7 Å². The fourth-order valence-corrected chi connectivity index (χ4v) is 3.14. The quantitative estimate of drug-likeness (QED) is 0.608. The molecule has 1 aromatic carbocycles. The number of benzene rings is 1. The van der Waals surface area contributed by atoms with E-state index in [4.69, 9.17) is 17.0 Å². The molecule has 0 radical (unpaired) electrons. The summed E-state index contributed by atoms with van der Waals surface area (Å²) in [6, 6.07) is 6.40. The molecule has 0 saturated carbocycles. The van der Waals surface area contributed by atoms with Gasteiger partial charge >= 0.3 is 5.97 Å². The Hall–Kier alpha value is -2.08. The Morgan fingerprint density at radius 2 is 2.17 bits per heavy atom. The minimum atomic E-state index is -0.429. The molecule has 1 atom stereocenters. The highest BCUT2D eigenvalue weighted by atomic mass is 32.1. The van der Waals surface area contributed by atoms with E-state index >= 15 is 0 Å². The van der Waals surface area contributed by atoms with Crippen LogP contribution in [0.25, 0.3) is 0 Å². The number of thiocarbonyl (C=S) groups is 1.